The molecule has 3 heterocycles. The first-order chi connectivity index (χ1) is 18.6. The predicted molar refractivity (Wildman–Crippen MR) is 156 cm³/mol. The number of fused-ring (bicyclic) bond motifs is 2. The van der Waals surface area contributed by atoms with Crippen LogP contribution in [0.4, 0.5) is 9.80 Å². The van der Waals surface area contributed by atoms with E-state index in [9.17, 15) is 9.59 Å². The van der Waals surface area contributed by atoms with Gasteiger partial charge in [0, 0.05) is 28.3 Å². The predicted octanol–water partition coefficient (Wildman–Crippen LogP) is 7.06. The molecule has 1 aliphatic heterocycles. The van der Waals surface area contributed by atoms with Crippen molar-refractivity contribution in [1.82, 2.24) is 9.88 Å². The fraction of sp³-hybridized carbons (Fsp3) is 0.321. The lowest BCUT2D eigenvalue weighted by Crippen LogP contribution is -2.35. The maximum Gasteiger partial charge on any atom is 0.410 e. The van der Waals surface area contributed by atoms with Gasteiger partial charge in [-0.25, -0.2) is 9.78 Å². The van der Waals surface area contributed by atoms with Crippen LogP contribution < -0.4 is 10.1 Å². The number of anilines is 1. The molecule has 4 aromatic rings. The van der Waals surface area contributed by atoms with E-state index in [1.165, 1.54) is 5.56 Å². The molecular weight excluding hydrogens is 539 g/mol. The molecule has 2 amide bonds. The summed E-state index contributed by atoms with van der Waals surface area (Å²) in [6.07, 6.45) is 1.60. The summed E-state index contributed by atoms with van der Waals surface area (Å²) in [6, 6.07) is 16.0. The van der Waals surface area contributed by atoms with E-state index in [-0.39, 0.29) is 12.0 Å². The van der Waals surface area contributed by atoms with Crippen LogP contribution in [-0.2, 0) is 22.5 Å². The van der Waals surface area contributed by atoms with E-state index >= 15 is 0 Å². The molecule has 0 saturated heterocycles. The summed E-state index contributed by atoms with van der Waals surface area (Å²) in [5, 5.41) is 4.89. The number of aromatic nitrogens is 1. The van der Waals surface area contributed by atoms with Crippen molar-refractivity contribution in [2.75, 3.05) is 31.3 Å². The molecule has 0 fully saturated rings. The number of benzene rings is 2. The molecule has 7 nitrogen and oxygen atoms in total. The number of hydrogen-bond donors (Lipinski definition) is 1. The Balaban J connectivity index is 1.31. The minimum atomic E-state index is -0.298. The van der Waals surface area contributed by atoms with E-state index in [2.05, 4.69) is 11.4 Å². The number of methoxy groups -OCH3 is 1. The summed E-state index contributed by atoms with van der Waals surface area (Å²) in [6.45, 7) is 3.22. The molecule has 0 radical (unpaired) electrons. The number of nitrogens with zero attached hydrogens (tertiary/aromatic N) is 2. The Morgan fingerprint density at radius 3 is 2.71 bits per heavy atom. The molecule has 0 atom stereocenters. The number of amides is 2. The van der Waals surface area contributed by atoms with E-state index in [4.69, 9.17) is 14.5 Å². The second-order valence-electron chi connectivity index (χ2n) is 8.74. The molecule has 0 saturated carbocycles. The van der Waals surface area contributed by atoms with Gasteiger partial charge in [-0.15, -0.1) is 34.4 Å². The zero-order valence-corrected chi connectivity index (χ0v) is 23.8. The van der Waals surface area contributed by atoms with E-state index in [0.29, 0.717) is 32.5 Å². The van der Waals surface area contributed by atoms with Crippen molar-refractivity contribution in [1.29, 1.82) is 0 Å². The summed E-state index contributed by atoms with van der Waals surface area (Å²) in [5.74, 6) is 1.67. The Bertz CT molecular complexity index is 1400. The van der Waals surface area contributed by atoms with Crippen LogP contribution in [0.1, 0.15) is 30.2 Å². The molecule has 1 aliphatic rings. The highest BCUT2D eigenvalue weighted by atomic mass is 32.2. The van der Waals surface area contributed by atoms with E-state index < -0.39 is 0 Å². The van der Waals surface area contributed by atoms with Crippen molar-refractivity contribution in [3.8, 4) is 16.3 Å². The van der Waals surface area contributed by atoms with Gasteiger partial charge in [0.15, 0.2) is 0 Å². The number of para-hydroxylation sites is 1. The zero-order chi connectivity index (χ0) is 26.5. The fourth-order valence-corrected chi connectivity index (χ4v) is 7.59. The standard InChI is InChI=1S/C28H29N3O4S3/c1-3-35-28(33)31-15-14-20-23(17-31)38-27(25(20)26-29-21-7-4-5-8-22(21)37-26)30-24(32)9-6-16-36-19-12-10-18(34-2)11-13-19/h4-5,7-8,10-13H,3,6,9,14-17H2,1-2H3,(H,30,32). The van der Waals surface area contributed by atoms with Crippen LogP contribution in [0.25, 0.3) is 20.8 Å². The second-order valence-corrected chi connectivity index (χ2v) is 12.0. The first kappa shape index (κ1) is 26.5. The zero-order valence-electron chi connectivity index (χ0n) is 21.3. The van der Waals surface area contributed by atoms with Gasteiger partial charge in [-0.2, -0.15) is 0 Å². The van der Waals surface area contributed by atoms with Gasteiger partial charge in [0.2, 0.25) is 5.91 Å². The van der Waals surface area contributed by atoms with Crippen LogP contribution in [0.5, 0.6) is 5.75 Å². The van der Waals surface area contributed by atoms with Gasteiger partial charge in [0.1, 0.15) is 15.8 Å². The van der Waals surface area contributed by atoms with Gasteiger partial charge in [0.05, 0.1) is 30.5 Å². The van der Waals surface area contributed by atoms with E-state index in [1.54, 1.807) is 46.4 Å². The molecule has 2 aromatic heterocycles. The average molecular weight is 568 g/mol. The molecular formula is C28H29N3O4S3. The molecule has 2 aromatic carbocycles. The third kappa shape index (κ3) is 5.98. The number of rotatable bonds is 9. The molecule has 0 unspecified atom stereocenters. The highest BCUT2D eigenvalue weighted by molar-refractivity contribution is 7.99. The SMILES string of the molecule is CCOC(=O)N1CCc2c(sc(NC(=O)CCCSc3ccc(OC)cc3)c2-c2nc3ccccc3s2)C1. The minimum Gasteiger partial charge on any atom is -0.497 e. The average Bonchev–Trinajstić information content (AvgIpc) is 3.51. The quantitative estimate of drug-likeness (QED) is 0.172. The van der Waals surface area contributed by atoms with E-state index in [1.807, 2.05) is 49.4 Å². The number of thiophene rings is 1. The van der Waals surface area contributed by atoms with Crippen molar-refractivity contribution in [2.45, 2.75) is 37.6 Å². The van der Waals surface area contributed by atoms with Crippen molar-refractivity contribution < 1.29 is 19.1 Å². The van der Waals surface area contributed by atoms with Gasteiger partial charge < -0.3 is 19.7 Å². The summed E-state index contributed by atoms with van der Waals surface area (Å²) < 4.78 is 11.5. The number of thiazole rings is 1. The molecule has 38 heavy (non-hydrogen) atoms. The van der Waals surface area contributed by atoms with Crippen LogP contribution in [0.15, 0.2) is 53.4 Å². The molecule has 0 bridgehead atoms. The number of nitrogens with one attached hydrogen (secondary N) is 1. The topological polar surface area (TPSA) is 80.8 Å². The molecule has 5 rings (SSSR count). The van der Waals surface area contributed by atoms with Gasteiger partial charge in [-0.3, -0.25) is 4.79 Å². The van der Waals surface area contributed by atoms with Crippen molar-refractivity contribution >= 4 is 61.7 Å². The van der Waals surface area contributed by atoms with Crippen molar-refractivity contribution in [3.63, 3.8) is 0 Å². The second kappa shape index (κ2) is 12.2. The lowest BCUT2D eigenvalue weighted by Gasteiger charge is -2.26. The highest BCUT2D eigenvalue weighted by Crippen LogP contribution is 2.45. The molecule has 0 spiro atoms. The normalized spacial score (nSPS) is 12.8. The Labute approximate surface area is 234 Å². The third-order valence-corrected chi connectivity index (χ3v) is 9.50. The van der Waals surface area contributed by atoms with Crippen molar-refractivity contribution in [2.24, 2.45) is 0 Å². The van der Waals surface area contributed by atoms with Crippen LogP contribution in [-0.4, -0.2) is 47.9 Å². The third-order valence-electron chi connectivity index (χ3n) is 6.22. The van der Waals surface area contributed by atoms with Gasteiger partial charge in [-0.1, -0.05) is 12.1 Å². The van der Waals surface area contributed by atoms with Crippen LogP contribution >= 0.6 is 34.4 Å². The summed E-state index contributed by atoms with van der Waals surface area (Å²) in [5.41, 5.74) is 3.11. The molecule has 1 N–H and O–H groups in total. The Hall–Kier alpha value is -3.08. The van der Waals surface area contributed by atoms with Gasteiger partial charge in [-0.05, 0) is 67.5 Å². The largest absolute Gasteiger partial charge is 0.497 e. The highest BCUT2D eigenvalue weighted by Gasteiger charge is 2.30. The number of hydrogen-bond acceptors (Lipinski definition) is 8. The minimum absolute atomic E-state index is 0.0106. The van der Waals surface area contributed by atoms with E-state index in [0.717, 1.165) is 53.5 Å². The van der Waals surface area contributed by atoms with Gasteiger partial charge >= 0.3 is 6.09 Å². The van der Waals surface area contributed by atoms with Crippen molar-refractivity contribution in [3.05, 3.63) is 59.0 Å². The first-order valence-corrected chi connectivity index (χ1v) is 15.2. The van der Waals surface area contributed by atoms with Crippen LogP contribution in [0, 0.1) is 0 Å². The molecule has 198 valence electrons. The number of carbonyl (C=O) groups excluding carboxylic acids is 2. The number of thioether (sulfide) groups is 1. The maximum absolute atomic E-state index is 13.0. The van der Waals surface area contributed by atoms with Crippen LogP contribution in [0.3, 0.4) is 0 Å². The molecule has 10 heteroatoms. The maximum atomic E-state index is 13.0. The summed E-state index contributed by atoms with van der Waals surface area (Å²) >= 11 is 4.90. The summed E-state index contributed by atoms with van der Waals surface area (Å²) in [4.78, 5) is 34.2. The lowest BCUT2D eigenvalue weighted by atomic mass is 10.0. The molecule has 0 aliphatic carbocycles. The Kier molecular flexibility index (Phi) is 8.51. The first-order valence-electron chi connectivity index (χ1n) is 12.5. The van der Waals surface area contributed by atoms with Crippen LogP contribution in [0.2, 0.25) is 0 Å². The number of ether oxygens (including phenoxy) is 2. The summed E-state index contributed by atoms with van der Waals surface area (Å²) in [7, 11) is 1.66. The Morgan fingerprint density at radius 2 is 1.95 bits per heavy atom. The fourth-order valence-electron chi connectivity index (χ4n) is 4.35. The monoisotopic (exact) mass is 567 g/mol. The number of carbonyl (C=O) groups is 2. The lowest BCUT2D eigenvalue weighted by molar-refractivity contribution is -0.116. The smallest absolute Gasteiger partial charge is 0.410 e. The van der Waals surface area contributed by atoms with Gasteiger partial charge in [0.25, 0.3) is 0 Å². The Morgan fingerprint density at radius 1 is 1.13 bits per heavy atom.